The van der Waals surface area contributed by atoms with Crippen molar-refractivity contribution in [1.29, 1.82) is 0 Å². The molecule has 1 aliphatic heterocycles. The molecule has 0 spiro atoms. The minimum absolute atomic E-state index is 0.111. The van der Waals surface area contributed by atoms with Crippen LogP contribution in [0.25, 0.3) is 0 Å². The number of hydrogen-bond acceptors (Lipinski definition) is 4. The summed E-state index contributed by atoms with van der Waals surface area (Å²) in [6.07, 6.45) is 3.87. The van der Waals surface area contributed by atoms with E-state index in [1.807, 2.05) is 12.1 Å². The lowest BCUT2D eigenvalue weighted by molar-refractivity contribution is 0.205. The lowest BCUT2D eigenvalue weighted by Crippen LogP contribution is -2.33. The second kappa shape index (κ2) is 5.03. The van der Waals surface area contributed by atoms with Crippen LogP contribution in [-0.4, -0.2) is 42.2 Å². The summed E-state index contributed by atoms with van der Waals surface area (Å²) < 4.78 is 32.3. The van der Waals surface area contributed by atoms with Gasteiger partial charge in [0.15, 0.2) is 0 Å². The van der Waals surface area contributed by atoms with E-state index in [4.69, 9.17) is 4.74 Å². The van der Waals surface area contributed by atoms with E-state index in [0.29, 0.717) is 19.0 Å². The first-order valence-electron chi connectivity index (χ1n) is 6.33. The Hall–Kier alpha value is -0.660. The van der Waals surface area contributed by atoms with Crippen LogP contribution in [0.4, 0.5) is 0 Å². The van der Waals surface area contributed by atoms with Gasteiger partial charge >= 0.3 is 0 Å². The van der Waals surface area contributed by atoms with E-state index in [0.717, 1.165) is 23.7 Å². The van der Waals surface area contributed by atoms with E-state index in [1.54, 1.807) is 10.5 Å². The van der Waals surface area contributed by atoms with Gasteiger partial charge in [-0.3, -0.25) is 0 Å². The number of ether oxygens (including phenoxy) is 1. The van der Waals surface area contributed by atoms with Gasteiger partial charge in [-0.15, -0.1) is 0 Å². The first kappa shape index (κ1) is 13.3. The molecule has 1 aromatic heterocycles. The third-order valence-corrected chi connectivity index (χ3v) is 6.39. The molecular weight excluding hydrogens is 332 g/mol. The maximum atomic E-state index is 12.1. The predicted octanol–water partition coefficient (Wildman–Crippen LogP) is 1.79. The summed E-state index contributed by atoms with van der Waals surface area (Å²) in [6.45, 7) is 0.982. The minimum atomic E-state index is -3.08. The Balaban J connectivity index is 1.65. The topological polar surface area (TPSA) is 59.5 Å². The van der Waals surface area contributed by atoms with Crippen molar-refractivity contribution in [3.05, 3.63) is 22.8 Å². The molecule has 104 valence electrons. The Morgan fingerprint density at radius 2 is 2.16 bits per heavy atom. The zero-order chi connectivity index (χ0) is 13.5. The van der Waals surface area contributed by atoms with Crippen LogP contribution in [0.2, 0.25) is 0 Å². The molecule has 1 saturated heterocycles. The van der Waals surface area contributed by atoms with E-state index < -0.39 is 10.0 Å². The molecule has 2 fully saturated rings. The van der Waals surface area contributed by atoms with Crippen LogP contribution in [0.5, 0.6) is 5.88 Å². The van der Waals surface area contributed by atoms with Gasteiger partial charge in [0.05, 0.1) is 16.3 Å². The SMILES string of the molecule is O=S(=O)(C1CC1)N1CC[C@@H](Oc2ncccc2Br)C1. The second-order valence-corrected chi connectivity index (χ2v) is 7.99. The summed E-state index contributed by atoms with van der Waals surface area (Å²) in [7, 11) is -3.08. The maximum Gasteiger partial charge on any atom is 0.228 e. The Labute approximate surface area is 121 Å². The van der Waals surface area contributed by atoms with E-state index in [9.17, 15) is 8.42 Å². The molecule has 0 aromatic carbocycles. The minimum Gasteiger partial charge on any atom is -0.472 e. The molecule has 0 radical (unpaired) electrons. The first-order chi connectivity index (χ1) is 9.07. The van der Waals surface area contributed by atoms with Crippen LogP contribution in [0, 0.1) is 0 Å². The first-order valence-corrected chi connectivity index (χ1v) is 8.63. The lowest BCUT2D eigenvalue weighted by atomic mass is 10.3. The molecule has 2 aliphatic rings. The zero-order valence-corrected chi connectivity index (χ0v) is 12.7. The Kier molecular flexibility index (Phi) is 3.53. The molecule has 7 heteroatoms. The van der Waals surface area contributed by atoms with E-state index in [2.05, 4.69) is 20.9 Å². The third-order valence-electron chi connectivity index (χ3n) is 3.42. The van der Waals surface area contributed by atoms with Gasteiger partial charge < -0.3 is 4.74 Å². The Bertz CT molecular complexity index is 574. The summed E-state index contributed by atoms with van der Waals surface area (Å²) >= 11 is 3.37. The van der Waals surface area contributed by atoms with Gasteiger partial charge in [0, 0.05) is 12.7 Å². The lowest BCUT2D eigenvalue weighted by Gasteiger charge is -2.16. The van der Waals surface area contributed by atoms with Crippen LogP contribution >= 0.6 is 15.9 Å². The fourth-order valence-electron chi connectivity index (χ4n) is 2.22. The van der Waals surface area contributed by atoms with Gasteiger partial charge in [0.2, 0.25) is 15.9 Å². The largest absolute Gasteiger partial charge is 0.472 e. The van der Waals surface area contributed by atoms with Crippen LogP contribution in [0.15, 0.2) is 22.8 Å². The van der Waals surface area contributed by atoms with Gasteiger partial charge in [0.25, 0.3) is 0 Å². The van der Waals surface area contributed by atoms with E-state index >= 15 is 0 Å². The highest BCUT2D eigenvalue weighted by atomic mass is 79.9. The molecule has 0 bridgehead atoms. The monoisotopic (exact) mass is 346 g/mol. The molecular formula is C12H15BrN2O3S. The molecule has 1 atom stereocenters. The number of hydrogen-bond donors (Lipinski definition) is 0. The third kappa shape index (κ3) is 2.78. The fraction of sp³-hybridized carbons (Fsp3) is 0.583. The van der Waals surface area contributed by atoms with Crippen LogP contribution in [-0.2, 0) is 10.0 Å². The number of nitrogens with zero attached hydrogens (tertiary/aromatic N) is 2. The molecule has 1 aromatic rings. The summed E-state index contributed by atoms with van der Waals surface area (Å²) in [5, 5.41) is -0.146. The van der Waals surface area contributed by atoms with Crippen LogP contribution < -0.4 is 4.74 Å². The molecule has 2 heterocycles. The molecule has 5 nitrogen and oxygen atoms in total. The highest BCUT2D eigenvalue weighted by Gasteiger charge is 2.43. The maximum absolute atomic E-state index is 12.1. The standard InChI is InChI=1S/C12H15BrN2O3S/c13-11-2-1-6-14-12(11)18-9-5-7-15(8-9)19(16,17)10-3-4-10/h1-2,6,9-10H,3-5,7-8H2/t9-/m1/s1. The average Bonchev–Trinajstić information content (AvgIpc) is 3.13. The Morgan fingerprint density at radius 1 is 1.37 bits per heavy atom. The van der Waals surface area contributed by atoms with Gasteiger partial charge in [0.1, 0.15) is 6.10 Å². The number of sulfonamides is 1. The van der Waals surface area contributed by atoms with Gasteiger partial charge in [-0.2, -0.15) is 4.31 Å². The average molecular weight is 347 g/mol. The predicted molar refractivity (Wildman–Crippen MR) is 74.5 cm³/mol. The summed E-state index contributed by atoms with van der Waals surface area (Å²) in [5.41, 5.74) is 0. The second-order valence-electron chi connectivity index (χ2n) is 4.92. The van der Waals surface area contributed by atoms with Crippen molar-refractivity contribution in [1.82, 2.24) is 9.29 Å². The number of rotatable bonds is 4. The number of pyridine rings is 1. The van der Waals surface area contributed by atoms with Crippen LogP contribution in [0.1, 0.15) is 19.3 Å². The smallest absolute Gasteiger partial charge is 0.228 e. The summed E-state index contributed by atoms with van der Waals surface area (Å²) in [5.74, 6) is 0.526. The summed E-state index contributed by atoms with van der Waals surface area (Å²) in [4.78, 5) is 4.14. The molecule has 1 saturated carbocycles. The van der Waals surface area contributed by atoms with Gasteiger partial charge in [-0.25, -0.2) is 13.4 Å². The number of aromatic nitrogens is 1. The highest BCUT2D eigenvalue weighted by molar-refractivity contribution is 9.10. The summed E-state index contributed by atoms with van der Waals surface area (Å²) in [6, 6.07) is 3.67. The van der Waals surface area contributed by atoms with Crippen molar-refractivity contribution < 1.29 is 13.2 Å². The Morgan fingerprint density at radius 3 is 2.84 bits per heavy atom. The highest BCUT2D eigenvalue weighted by Crippen LogP contribution is 2.33. The van der Waals surface area contributed by atoms with E-state index in [1.165, 1.54) is 0 Å². The number of halogens is 1. The van der Waals surface area contributed by atoms with Crippen molar-refractivity contribution in [3.63, 3.8) is 0 Å². The molecule has 0 amide bonds. The molecule has 1 aliphatic carbocycles. The molecule has 0 N–H and O–H groups in total. The molecule has 19 heavy (non-hydrogen) atoms. The van der Waals surface area contributed by atoms with Crippen molar-refractivity contribution in [2.45, 2.75) is 30.6 Å². The quantitative estimate of drug-likeness (QED) is 0.833. The van der Waals surface area contributed by atoms with Crippen molar-refractivity contribution in [2.75, 3.05) is 13.1 Å². The van der Waals surface area contributed by atoms with Gasteiger partial charge in [-0.1, -0.05) is 0 Å². The molecule has 0 unspecified atom stereocenters. The van der Waals surface area contributed by atoms with Crippen LogP contribution in [0.3, 0.4) is 0 Å². The molecule has 3 rings (SSSR count). The van der Waals surface area contributed by atoms with Gasteiger partial charge in [-0.05, 0) is 47.3 Å². The zero-order valence-electron chi connectivity index (χ0n) is 10.3. The van der Waals surface area contributed by atoms with E-state index in [-0.39, 0.29) is 11.4 Å². The van der Waals surface area contributed by atoms with Crippen molar-refractivity contribution >= 4 is 26.0 Å². The van der Waals surface area contributed by atoms with Crippen molar-refractivity contribution in [3.8, 4) is 5.88 Å². The fourth-order valence-corrected chi connectivity index (χ4v) is 4.45. The van der Waals surface area contributed by atoms with Crippen molar-refractivity contribution in [2.24, 2.45) is 0 Å². The normalized spacial score (nSPS) is 24.6.